The van der Waals surface area contributed by atoms with Crippen LogP contribution in [0.5, 0.6) is 5.75 Å². The van der Waals surface area contributed by atoms with Gasteiger partial charge in [-0.25, -0.2) is 4.79 Å². The number of rotatable bonds is 4. The van der Waals surface area contributed by atoms with E-state index in [1.807, 2.05) is 62.3 Å². The minimum Gasteiger partial charge on any atom is -0.507 e. The molecule has 124 valence electrons. The van der Waals surface area contributed by atoms with Crippen LogP contribution in [-0.2, 0) is 0 Å². The van der Waals surface area contributed by atoms with Gasteiger partial charge in [0.1, 0.15) is 11.3 Å². The molecule has 24 heavy (non-hydrogen) atoms. The van der Waals surface area contributed by atoms with Crippen LogP contribution >= 0.6 is 0 Å². The van der Waals surface area contributed by atoms with Crippen molar-refractivity contribution in [3.8, 4) is 5.75 Å². The number of hydrogen-bond donors (Lipinski definition) is 1. The van der Waals surface area contributed by atoms with Crippen molar-refractivity contribution >= 4 is 16.7 Å². The lowest BCUT2D eigenvalue weighted by Gasteiger charge is -2.18. The molecule has 3 rings (SSSR count). The summed E-state index contributed by atoms with van der Waals surface area (Å²) in [6.07, 6.45) is 0.698. The highest BCUT2D eigenvalue weighted by molar-refractivity contribution is 5.87. The van der Waals surface area contributed by atoms with Crippen LogP contribution < -0.4 is 10.5 Å². The van der Waals surface area contributed by atoms with E-state index >= 15 is 0 Å². The van der Waals surface area contributed by atoms with Gasteiger partial charge >= 0.3 is 5.63 Å². The van der Waals surface area contributed by atoms with Crippen molar-refractivity contribution < 1.29 is 9.52 Å². The second-order valence-electron chi connectivity index (χ2n) is 6.10. The second kappa shape index (κ2) is 6.40. The Hall–Kier alpha value is -2.75. The van der Waals surface area contributed by atoms with Gasteiger partial charge in [0.25, 0.3) is 0 Å². The lowest BCUT2D eigenvalue weighted by atomic mass is 9.89. The summed E-state index contributed by atoms with van der Waals surface area (Å²) in [5.41, 5.74) is 2.15. The first-order valence-electron chi connectivity index (χ1n) is 8.05. The van der Waals surface area contributed by atoms with Gasteiger partial charge in [0.05, 0.1) is 10.9 Å². The van der Waals surface area contributed by atoms with Gasteiger partial charge in [0.2, 0.25) is 0 Å². The molecule has 1 heterocycles. The molecule has 1 atom stereocenters. The molecule has 1 aromatic heterocycles. The Morgan fingerprint density at radius 1 is 1.12 bits per heavy atom. The number of fused-ring (bicyclic) bond motifs is 1. The molecule has 0 aliphatic carbocycles. The molecule has 3 aromatic rings. The fraction of sp³-hybridized carbons (Fsp3) is 0.250. The van der Waals surface area contributed by atoms with Crippen molar-refractivity contribution in [2.24, 2.45) is 0 Å². The highest BCUT2D eigenvalue weighted by Gasteiger charge is 2.23. The molecule has 0 fully saturated rings. The predicted molar refractivity (Wildman–Crippen MR) is 97.1 cm³/mol. The molecule has 4 heteroatoms. The van der Waals surface area contributed by atoms with Crippen molar-refractivity contribution in [1.29, 1.82) is 0 Å². The summed E-state index contributed by atoms with van der Waals surface area (Å²) in [7, 11) is 3.83. The molecule has 0 spiro atoms. The summed E-state index contributed by atoms with van der Waals surface area (Å²) in [6.45, 7) is 2.00. The van der Waals surface area contributed by atoms with E-state index in [0.29, 0.717) is 23.0 Å². The van der Waals surface area contributed by atoms with Crippen LogP contribution in [0.2, 0.25) is 0 Å². The van der Waals surface area contributed by atoms with E-state index in [0.717, 1.165) is 11.3 Å². The molecular formula is C20H21NO3. The molecule has 1 unspecified atom stereocenters. The molecule has 4 nitrogen and oxygen atoms in total. The van der Waals surface area contributed by atoms with E-state index in [9.17, 15) is 9.90 Å². The maximum absolute atomic E-state index is 12.6. The molecule has 0 saturated heterocycles. The van der Waals surface area contributed by atoms with Crippen molar-refractivity contribution in [3.05, 3.63) is 70.1 Å². The van der Waals surface area contributed by atoms with Crippen LogP contribution in [0.1, 0.15) is 30.4 Å². The summed E-state index contributed by atoms with van der Waals surface area (Å²) in [4.78, 5) is 14.5. The normalized spacial score (nSPS) is 12.3. The quantitative estimate of drug-likeness (QED) is 0.734. The minimum atomic E-state index is -0.480. The summed E-state index contributed by atoms with van der Waals surface area (Å²) >= 11 is 0. The highest BCUT2D eigenvalue weighted by Crippen LogP contribution is 2.36. The van der Waals surface area contributed by atoms with E-state index in [1.54, 1.807) is 12.1 Å². The molecule has 0 radical (unpaired) electrons. The molecule has 0 aliphatic rings. The molecule has 2 aromatic carbocycles. The Balaban J connectivity index is 2.22. The van der Waals surface area contributed by atoms with Gasteiger partial charge in [0, 0.05) is 31.8 Å². The Labute approximate surface area is 141 Å². The molecule has 0 aliphatic heterocycles. The summed E-state index contributed by atoms with van der Waals surface area (Å²) in [5.74, 6) is -0.178. The smallest absolute Gasteiger partial charge is 0.343 e. The largest absolute Gasteiger partial charge is 0.507 e. The third-order valence-electron chi connectivity index (χ3n) is 4.37. The molecule has 1 N–H and O–H groups in total. The SMILES string of the molecule is CCC(c1ccccc1)c1c(O)c2ccc(N(C)C)cc2oc1=O. The van der Waals surface area contributed by atoms with E-state index in [1.165, 1.54) is 0 Å². The Kier molecular flexibility index (Phi) is 4.30. The summed E-state index contributed by atoms with van der Waals surface area (Å²) < 4.78 is 5.53. The van der Waals surface area contributed by atoms with E-state index in [2.05, 4.69) is 0 Å². The molecule has 0 saturated carbocycles. The van der Waals surface area contributed by atoms with Crippen LogP contribution in [0.3, 0.4) is 0 Å². The van der Waals surface area contributed by atoms with Crippen molar-refractivity contribution in [3.63, 3.8) is 0 Å². The second-order valence-corrected chi connectivity index (χ2v) is 6.10. The zero-order valence-electron chi connectivity index (χ0n) is 14.1. The average Bonchev–Trinajstić information content (AvgIpc) is 2.58. The van der Waals surface area contributed by atoms with Crippen LogP contribution in [0, 0.1) is 0 Å². The van der Waals surface area contributed by atoms with Gasteiger partial charge in [-0.1, -0.05) is 37.3 Å². The van der Waals surface area contributed by atoms with Crippen molar-refractivity contribution in [2.45, 2.75) is 19.3 Å². The van der Waals surface area contributed by atoms with Crippen LogP contribution in [-0.4, -0.2) is 19.2 Å². The van der Waals surface area contributed by atoms with Crippen molar-refractivity contribution in [1.82, 2.24) is 0 Å². The fourth-order valence-corrected chi connectivity index (χ4v) is 3.07. The van der Waals surface area contributed by atoms with Crippen LogP contribution in [0.4, 0.5) is 5.69 Å². The third kappa shape index (κ3) is 2.75. The number of benzene rings is 2. The first-order chi connectivity index (χ1) is 11.5. The summed E-state index contributed by atoms with van der Waals surface area (Å²) in [5, 5.41) is 11.3. The van der Waals surface area contributed by atoms with Crippen LogP contribution in [0.25, 0.3) is 11.0 Å². The predicted octanol–water partition coefficient (Wildman–Crippen LogP) is 4.11. The highest BCUT2D eigenvalue weighted by atomic mass is 16.4. The number of anilines is 1. The van der Waals surface area contributed by atoms with Gasteiger partial charge in [-0.3, -0.25) is 0 Å². The number of aromatic hydroxyl groups is 1. The van der Waals surface area contributed by atoms with Gasteiger partial charge in [-0.15, -0.1) is 0 Å². The van der Waals surface area contributed by atoms with E-state index < -0.39 is 5.63 Å². The first-order valence-corrected chi connectivity index (χ1v) is 8.05. The third-order valence-corrected chi connectivity index (χ3v) is 4.37. The fourth-order valence-electron chi connectivity index (χ4n) is 3.07. The maximum Gasteiger partial charge on any atom is 0.343 e. The van der Waals surface area contributed by atoms with Crippen LogP contribution in [0.15, 0.2) is 57.7 Å². The average molecular weight is 323 g/mol. The Bertz CT molecular complexity index is 913. The topological polar surface area (TPSA) is 53.7 Å². The zero-order chi connectivity index (χ0) is 17.3. The number of hydrogen-bond acceptors (Lipinski definition) is 4. The van der Waals surface area contributed by atoms with E-state index in [4.69, 9.17) is 4.42 Å². The molecule has 0 amide bonds. The minimum absolute atomic E-state index is 0.0160. The molecular weight excluding hydrogens is 302 g/mol. The maximum atomic E-state index is 12.6. The van der Waals surface area contributed by atoms with Gasteiger partial charge in [-0.2, -0.15) is 0 Å². The van der Waals surface area contributed by atoms with Crippen molar-refractivity contribution in [2.75, 3.05) is 19.0 Å². The van der Waals surface area contributed by atoms with Gasteiger partial charge < -0.3 is 14.4 Å². The number of nitrogens with zero attached hydrogens (tertiary/aromatic N) is 1. The Morgan fingerprint density at radius 2 is 1.83 bits per heavy atom. The monoisotopic (exact) mass is 323 g/mol. The lowest BCUT2D eigenvalue weighted by Crippen LogP contribution is -2.14. The Morgan fingerprint density at radius 3 is 2.46 bits per heavy atom. The summed E-state index contributed by atoms with van der Waals surface area (Å²) in [6, 6.07) is 15.2. The first kappa shape index (κ1) is 16.1. The standard InChI is InChI=1S/C20H21NO3/c1-4-15(13-8-6-5-7-9-13)18-19(22)16-11-10-14(21(2)3)12-17(16)24-20(18)23/h5-12,15,22H,4H2,1-3H3. The van der Waals surface area contributed by atoms with Gasteiger partial charge in [-0.05, 0) is 24.1 Å². The van der Waals surface area contributed by atoms with E-state index in [-0.39, 0.29) is 11.7 Å². The lowest BCUT2D eigenvalue weighted by molar-refractivity contribution is 0.450. The zero-order valence-corrected chi connectivity index (χ0v) is 14.1. The molecule has 0 bridgehead atoms. The van der Waals surface area contributed by atoms with Gasteiger partial charge in [0.15, 0.2) is 0 Å².